The number of ether oxygens (including phenoxy) is 1. The number of aromatic amines is 1. The van der Waals surface area contributed by atoms with Crippen LogP contribution in [0.25, 0.3) is 11.0 Å². The van der Waals surface area contributed by atoms with Crippen LogP contribution in [0.3, 0.4) is 0 Å². The van der Waals surface area contributed by atoms with E-state index in [0.29, 0.717) is 6.54 Å². The van der Waals surface area contributed by atoms with Gasteiger partial charge in [-0.05, 0) is 31.0 Å². The second-order valence-electron chi connectivity index (χ2n) is 5.48. The summed E-state index contributed by atoms with van der Waals surface area (Å²) in [5.41, 5.74) is 8.03. The summed E-state index contributed by atoms with van der Waals surface area (Å²) in [4.78, 5) is 19.7. The number of halogens is 2. The molecular formula is C15H22Cl2N4O2. The predicted molar refractivity (Wildman–Crippen MR) is 95.4 cm³/mol. The van der Waals surface area contributed by atoms with Crippen LogP contribution in [0.2, 0.25) is 0 Å². The number of benzene rings is 1. The molecule has 8 heteroatoms. The van der Waals surface area contributed by atoms with Gasteiger partial charge in [0.15, 0.2) is 0 Å². The van der Waals surface area contributed by atoms with Gasteiger partial charge in [-0.25, -0.2) is 4.98 Å². The van der Waals surface area contributed by atoms with Crippen molar-refractivity contribution in [2.24, 2.45) is 11.7 Å². The molecule has 23 heavy (non-hydrogen) atoms. The Bertz CT molecular complexity index is 656. The number of amides is 1. The van der Waals surface area contributed by atoms with Crippen LogP contribution >= 0.6 is 24.8 Å². The summed E-state index contributed by atoms with van der Waals surface area (Å²) in [6, 6.07) is 5.64. The van der Waals surface area contributed by atoms with Gasteiger partial charge in [-0.1, -0.05) is 6.92 Å². The van der Waals surface area contributed by atoms with Gasteiger partial charge in [-0.15, -0.1) is 24.8 Å². The van der Waals surface area contributed by atoms with Gasteiger partial charge < -0.3 is 20.8 Å². The molecule has 1 aromatic carbocycles. The summed E-state index contributed by atoms with van der Waals surface area (Å²) < 4.78 is 5.63. The maximum atomic E-state index is 11.9. The highest BCUT2D eigenvalue weighted by Crippen LogP contribution is 2.28. The number of carbonyl (C=O) groups excluding carboxylic acids is 1. The van der Waals surface area contributed by atoms with E-state index in [2.05, 4.69) is 15.3 Å². The molecule has 1 saturated heterocycles. The smallest absolute Gasteiger partial charge is 0.228 e. The summed E-state index contributed by atoms with van der Waals surface area (Å²) in [5.74, 6) is 0.585. The summed E-state index contributed by atoms with van der Waals surface area (Å²) in [6.07, 6.45) is 2.13. The molecule has 2 atom stereocenters. The molecule has 0 radical (unpaired) electrons. The van der Waals surface area contributed by atoms with E-state index in [1.165, 1.54) is 0 Å². The molecule has 1 amide bonds. The zero-order valence-electron chi connectivity index (χ0n) is 12.9. The van der Waals surface area contributed by atoms with Crippen LogP contribution < -0.4 is 11.1 Å². The number of aromatic nitrogens is 2. The molecule has 1 aliphatic rings. The van der Waals surface area contributed by atoms with Crippen molar-refractivity contribution in [1.29, 1.82) is 0 Å². The molecule has 1 aliphatic heterocycles. The minimum Gasteiger partial charge on any atom is -0.370 e. The SMILES string of the molecule is CC(CN)C(=O)Nc1ccc2nc(C3CCCO3)[nH]c2c1.Cl.Cl. The molecule has 4 N–H and O–H groups in total. The van der Waals surface area contributed by atoms with Gasteiger partial charge >= 0.3 is 0 Å². The van der Waals surface area contributed by atoms with Crippen LogP contribution in [0.1, 0.15) is 31.7 Å². The number of carbonyl (C=O) groups is 1. The highest BCUT2D eigenvalue weighted by Gasteiger charge is 2.21. The lowest BCUT2D eigenvalue weighted by molar-refractivity contribution is -0.119. The van der Waals surface area contributed by atoms with Crippen molar-refractivity contribution in [3.8, 4) is 0 Å². The monoisotopic (exact) mass is 360 g/mol. The van der Waals surface area contributed by atoms with Crippen LogP contribution in [0.15, 0.2) is 18.2 Å². The van der Waals surface area contributed by atoms with E-state index in [4.69, 9.17) is 10.5 Å². The third-order valence-electron chi connectivity index (χ3n) is 3.80. The third kappa shape index (κ3) is 4.35. The Hall–Kier alpha value is -1.34. The Labute approximate surface area is 147 Å². The molecule has 2 aromatic rings. The van der Waals surface area contributed by atoms with Gasteiger partial charge in [0.25, 0.3) is 0 Å². The number of hydrogen-bond donors (Lipinski definition) is 3. The molecule has 2 heterocycles. The Morgan fingerprint density at radius 1 is 1.52 bits per heavy atom. The number of nitrogens with two attached hydrogens (primary N) is 1. The lowest BCUT2D eigenvalue weighted by Crippen LogP contribution is -2.26. The molecule has 0 spiro atoms. The molecule has 6 nitrogen and oxygen atoms in total. The second kappa shape index (κ2) is 8.49. The predicted octanol–water partition coefficient (Wildman–Crippen LogP) is 2.79. The number of H-pyrrole nitrogens is 1. The molecule has 2 unspecified atom stereocenters. The molecule has 1 aromatic heterocycles. The van der Waals surface area contributed by atoms with E-state index in [-0.39, 0.29) is 42.7 Å². The second-order valence-corrected chi connectivity index (χ2v) is 5.48. The average molecular weight is 361 g/mol. The Morgan fingerprint density at radius 2 is 2.30 bits per heavy atom. The van der Waals surface area contributed by atoms with Gasteiger partial charge in [-0.2, -0.15) is 0 Å². The molecular weight excluding hydrogens is 339 g/mol. The average Bonchev–Trinajstić information content (AvgIpc) is 3.14. The van der Waals surface area contributed by atoms with E-state index in [1.807, 2.05) is 18.2 Å². The number of hydrogen-bond acceptors (Lipinski definition) is 4. The number of nitrogens with one attached hydrogen (secondary N) is 2. The summed E-state index contributed by atoms with van der Waals surface area (Å²) in [5, 5.41) is 2.87. The normalized spacial score (nSPS) is 18.1. The Kier molecular flexibility index (Phi) is 7.28. The maximum absolute atomic E-state index is 11.9. The first-order valence-corrected chi connectivity index (χ1v) is 7.29. The Balaban J connectivity index is 0.00000132. The van der Waals surface area contributed by atoms with E-state index < -0.39 is 0 Å². The molecule has 0 bridgehead atoms. The van der Waals surface area contributed by atoms with Crippen LogP contribution in [-0.4, -0.2) is 29.0 Å². The lowest BCUT2D eigenvalue weighted by Gasteiger charge is -2.09. The first-order chi connectivity index (χ1) is 10.2. The van der Waals surface area contributed by atoms with Gasteiger partial charge in [0.1, 0.15) is 11.9 Å². The summed E-state index contributed by atoms with van der Waals surface area (Å²) in [7, 11) is 0. The van der Waals surface area contributed by atoms with E-state index in [0.717, 1.165) is 42.0 Å². The highest BCUT2D eigenvalue weighted by molar-refractivity contribution is 5.94. The van der Waals surface area contributed by atoms with E-state index in [1.54, 1.807) is 6.92 Å². The molecule has 0 aliphatic carbocycles. The van der Waals surface area contributed by atoms with E-state index >= 15 is 0 Å². The molecule has 1 fully saturated rings. The molecule has 3 rings (SSSR count). The van der Waals surface area contributed by atoms with Crippen molar-refractivity contribution >= 4 is 47.4 Å². The van der Waals surface area contributed by atoms with Gasteiger partial charge in [0, 0.05) is 24.8 Å². The fourth-order valence-electron chi connectivity index (χ4n) is 2.43. The third-order valence-corrected chi connectivity index (χ3v) is 3.80. The van der Waals surface area contributed by atoms with Crippen molar-refractivity contribution < 1.29 is 9.53 Å². The summed E-state index contributed by atoms with van der Waals surface area (Å²) >= 11 is 0. The lowest BCUT2D eigenvalue weighted by atomic mass is 10.1. The number of imidazole rings is 1. The quantitative estimate of drug-likeness (QED) is 0.781. The Morgan fingerprint density at radius 3 is 2.96 bits per heavy atom. The highest BCUT2D eigenvalue weighted by atomic mass is 35.5. The largest absolute Gasteiger partial charge is 0.370 e. The first-order valence-electron chi connectivity index (χ1n) is 7.29. The van der Waals surface area contributed by atoms with Crippen molar-refractivity contribution in [3.05, 3.63) is 24.0 Å². The molecule has 128 valence electrons. The van der Waals surface area contributed by atoms with E-state index in [9.17, 15) is 4.79 Å². The van der Waals surface area contributed by atoms with Gasteiger partial charge in [0.2, 0.25) is 5.91 Å². The van der Waals surface area contributed by atoms with Gasteiger partial charge in [0.05, 0.1) is 11.0 Å². The minimum absolute atomic E-state index is 0. The fraction of sp³-hybridized carbons (Fsp3) is 0.467. The first kappa shape index (κ1) is 19.7. The van der Waals surface area contributed by atoms with Crippen molar-refractivity contribution in [2.75, 3.05) is 18.5 Å². The standard InChI is InChI=1S/C15H20N4O2.2ClH/c1-9(8-16)15(20)17-10-4-5-11-12(7-10)19-14(18-11)13-3-2-6-21-13;;/h4-5,7,9,13H,2-3,6,8,16H2,1H3,(H,17,20)(H,18,19);2*1H. The van der Waals surface area contributed by atoms with Crippen molar-refractivity contribution in [3.63, 3.8) is 0 Å². The number of fused-ring (bicyclic) bond motifs is 1. The zero-order valence-corrected chi connectivity index (χ0v) is 14.5. The molecule has 0 saturated carbocycles. The van der Waals surface area contributed by atoms with Crippen LogP contribution in [0.4, 0.5) is 5.69 Å². The van der Waals surface area contributed by atoms with Crippen LogP contribution in [-0.2, 0) is 9.53 Å². The van der Waals surface area contributed by atoms with Crippen molar-refractivity contribution in [1.82, 2.24) is 9.97 Å². The van der Waals surface area contributed by atoms with Gasteiger partial charge in [-0.3, -0.25) is 4.79 Å². The fourth-order valence-corrected chi connectivity index (χ4v) is 2.43. The zero-order chi connectivity index (χ0) is 14.8. The topological polar surface area (TPSA) is 93.0 Å². The number of anilines is 1. The van der Waals surface area contributed by atoms with Crippen LogP contribution in [0.5, 0.6) is 0 Å². The maximum Gasteiger partial charge on any atom is 0.228 e. The van der Waals surface area contributed by atoms with Crippen LogP contribution in [0, 0.1) is 5.92 Å². The van der Waals surface area contributed by atoms with Crippen molar-refractivity contribution in [2.45, 2.75) is 25.9 Å². The minimum atomic E-state index is -0.204. The number of nitrogens with zero attached hydrogens (tertiary/aromatic N) is 1. The number of rotatable bonds is 4. The summed E-state index contributed by atoms with van der Waals surface area (Å²) in [6.45, 7) is 2.93.